The lowest BCUT2D eigenvalue weighted by Crippen LogP contribution is -2.32. The molecule has 1 aliphatic heterocycles. The minimum absolute atomic E-state index is 0.0800. The average molecular weight is 391 g/mol. The SMILES string of the molecule is CC(Nc1ccc(N2CCCC2=O)cc1)C(=O)Nc1cccc(C(F)(F)F)c1. The lowest BCUT2D eigenvalue weighted by atomic mass is 10.2. The first-order chi connectivity index (χ1) is 13.2. The Bertz CT molecular complexity index is 866. The van der Waals surface area contributed by atoms with Crippen LogP contribution in [-0.4, -0.2) is 24.4 Å². The lowest BCUT2D eigenvalue weighted by Gasteiger charge is -2.18. The van der Waals surface area contributed by atoms with Gasteiger partial charge in [-0.05, 0) is 55.8 Å². The zero-order valence-electron chi connectivity index (χ0n) is 15.2. The molecule has 0 aliphatic carbocycles. The predicted molar refractivity (Wildman–Crippen MR) is 101 cm³/mol. The molecule has 0 saturated carbocycles. The van der Waals surface area contributed by atoms with Gasteiger partial charge >= 0.3 is 6.18 Å². The second-order valence-corrected chi connectivity index (χ2v) is 6.63. The third-order valence-electron chi connectivity index (χ3n) is 4.49. The molecule has 1 heterocycles. The summed E-state index contributed by atoms with van der Waals surface area (Å²) in [7, 11) is 0. The van der Waals surface area contributed by atoms with E-state index in [2.05, 4.69) is 10.6 Å². The van der Waals surface area contributed by atoms with Gasteiger partial charge in [-0.2, -0.15) is 13.2 Å². The van der Waals surface area contributed by atoms with Gasteiger partial charge in [-0.15, -0.1) is 0 Å². The van der Waals surface area contributed by atoms with E-state index in [0.29, 0.717) is 18.7 Å². The van der Waals surface area contributed by atoms with Gasteiger partial charge in [-0.3, -0.25) is 9.59 Å². The van der Waals surface area contributed by atoms with Crippen molar-refractivity contribution in [3.05, 3.63) is 54.1 Å². The molecular formula is C20H20F3N3O2. The van der Waals surface area contributed by atoms with Crippen LogP contribution in [-0.2, 0) is 15.8 Å². The van der Waals surface area contributed by atoms with Crippen molar-refractivity contribution in [3.8, 4) is 0 Å². The molecule has 3 rings (SSSR count). The first-order valence-corrected chi connectivity index (χ1v) is 8.89. The molecular weight excluding hydrogens is 371 g/mol. The van der Waals surface area contributed by atoms with Crippen LogP contribution in [0.4, 0.5) is 30.2 Å². The molecule has 0 radical (unpaired) electrons. The number of carbonyl (C=O) groups excluding carboxylic acids is 2. The van der Waals surface area contributed by atoms with Crippen LogP contribution in [0.3, 0.4) is 0 Å². The Morgan fingerprint density at radius 2 is 1.82 bits per heavy atom. The second-order valence-electron chi connectivity index (χ2n) is 6.63. The Kier molecular flexibility index (Phi) is 5.58. The number of amides is 2. The number of alkyl halides is 3. The number of benzene rings is 2. The highest BCUT2D eigenvalue weighted by Gasteiger charge is 2.30. The number of hydrogen-bond donors (Lipinski definition) is 2. The van der Waals surface area contributed by atoms with Gasteiger partial charge in [0.25, 0.3) is 0 Å². The Labute approximate surface area is 160 Å². The monoisotopic (exact) mass is 391 g/mol. The molecule has 1 fully saturated rings. The molecule has 1 atom stereocenters. The Hall–Kier alpha value is -3.03. The number of anilines is 3. The molecule has 1 aliphatic rings. The van der Waals surface area contributed by atoms with Crippen LogP contribution in [0.1, 0.15) is 25.3 Å². The van der Waals surface area contributed by atoms with Crippen LogP contribution in [0.15, 0.2) is 48.5 Å². The van der Waals surface area contributed by atoms with Gasteiger partial charge in [0.15, 0.2) is 0 Å². The summed E-state index contributed by atoms with van der Waals surface area (Å²) in [5.41, 5.74) is 0.727. The van der Waals surface area contributed by atoms with Gasteiger partial charge in [0.1, 0.15) is 6.04 Å². The zero-order valence-corrected chi connectivity index (χ0v) is 15.2. The molecule has 28 heavy (non-hydrogen) atoms. The van der Waals surface area contributed by atoms with E-state index < -0.39 is 23.7 Å². The number of nitrogens with one attached hydrogen (secondary N) is 2. The average Bonchev–Trinajstić information content (AvgIpc) is 3.08. The Morgan fingerprint density at radius 3 is 2.43 bits per heavy atom. The van der Waals surface area contributed by atoms with Crippen molar-refractivity contribution in [1.82, 2.24) is 0 Å². The predicted octanol–water partition coefficient (Wildman–Crippen LogP) is 4.27. The maximum absolute atomic E-state index is 12.8. The molecule has 2 aromatic carbocycles. The highest BCUT2D eigenvalue weighted by molar-refractivity contribution is 5.97. The summed E-state index contributed by atoms with van der Waals surface area (Å²) in [5.74, 6) is -0.368. The van der Waals surface area contributed by atoms with Crippen molar-refractivity contribution in [2.24, 2.45) is 0 Å². The maximum Gasteiger partial charge on any atom is 0.416 e. The molecule has 148 valence electrons. The molecule has 0 bridgehead atoms. The van der Waals surface area contributed by atoms with E-state index in [1.165, 1.54) is 12.1 Å². The second kappa shape index (κ2) is 7.92. The van der Waals surface area contributed by atoms with E-state index in [-0.39, 0.29) is 11.6 Å². The molecule has 8 heteroatoms. The smallest absolute Gasteiger partial charge is 0.374 e. The third kappa shape index (κ3) is 4.62. The van der Waals surface area contributed by atoms with Crippen LogP contribution in [0, 0.1) is 0 Å². The van der Waals surface area contributed by atoms with E-state index >= 15 is 0 Å². The van der Waals surface area contributed by atoms with Crippen LogP contribution >= 0.6 is 0 Å². The number of nitrogens with zero attached hydrogens (tertiary/aromatic N) is 1. The maximum atomic E-state index is 12.8. The summed E-state index contributed by atoms with van der Waals surface area (Å²) >= 11 is 0. The quantitative estimate of drug-likeness (QED) is 0.800. The van der Waals surface area contributed by atoms with Gasteiger partial charge in [-0.1, -0.05) is 6.07 Å². The largest absolute Gasteiger partial charge is 0.416 e. The number of halogens is 3. The van der Waals surface area contributed by atoms with Crippen LogP contribution < -0.4 is 15.5 Å². The van der Waals surface area contributed by atoms with Crippen LogP contribution in [0.25, 0.3) is 0 Å². The van der Waals surface area contributed by atoms with Crippen LogP contribution in [0.2, 0.25) is 0 Å². The Morgan fingerprint density at radius 1 is 1.11 bits per heavy atom. The van der Waals surface area contributed by atoms with Gasteiger partial charge in [0.2, 0.25) is 11.8 Å². The first kappa shape index (κ1) is 19.7. The van der Waals surface area contributed by atoms with Crippen molar-refractivity contribution in [1.29, 1.82) is 0 Å². The molecule has 0 spiro atoms. The Balaban J connectivity index is 1.60. The molecule has 0 aromatic heterocycles. The van der Waals surface area contributed by atoms with E-state index in [0.717, 1.165) is 24.2 Å². The molecule has 1 unspecified atom stereocenters. The number of carbonyl (C=O) groups is 2. The summed E-state index contributed by atoms with van der Waals surface area (Å²) in [6.45, 7) is 2.31. The summed E-state index contributed by atoms with van der Waals surface area (Å²) in [4.78, 5) is 25.8. The third-order valence-corrected chi connectivity index (χ3v) is 4.49. The molecule has 2 N–H and O–H groups in total. The van der Waals surface area contributed by atoms with Crippen molar-refractivity contribution in [2.75, 3.05) is 22.1 Å². The fraction of sp³-hybridized carbons (Fsp3) is 0.300. The zero-order chi connectivity index (χ0) is 20.3. The summed E-state index contributed by atoms with van der Waals surface area (Å²) in [5, 5.41) is 5.48. The van der Waals surface area contributed by atoms with E-state index in [1.54, 1.807) is 36.1 Å². The molecule has 2 aromatic rings. The van der Waals surface area contributed by atoms with Crippen molar-refractivity contribution >= 4 is 28.9 Å². The molecule has 1 saturated heterocycles. The number of rotatable bonds is 5. The summed E-state index contributed by atoms with van der Waals surface area (Å²) in [6.07, 6.45) is -3.08. The molecule has 2 amide bonds. The fourth-order valence-electron chi connectivity index (χ4n) is 3.00. The van der Waals surface area contributed by atoms with Gasteiger partial charge in [0, 0.05) is 30.0 Å². The summed E-state index contributed by atoms with van der Waals surface area (Å²) in [6, 6.07) is 10.9. The van der Waals surface area contributed by atoms with Crippen molar-refractivity contribution in [2.45, 2.75) is 32.0 Å². The minimum Gasteiger partial charge on any atom is -0.374 e. The van der Waals surface area contributed by atoms with E-state index in [1.807, 2.05) is 0 Å². The lowest BCUT2D eigenvalue weighted by molar-refractivity contribution is -0.137. The van der Waals surface area contributed by atoms with Crippen LogP contribution in [0.5, 0.6) is 0 Å². The van der Waals surface area contributed by atoms with E-state index in [4.69, 9.17) is 0 Å². The normalized spacial score (nSPS) is 15.4. The van der Waals surface area contributed by atoms with Gasteiger partial charge in [0.05, 0.1) is 5.56 Å². The standard InChI is InChI=1S/C20H20F3N3O2/c1-13(19(28)25-16-5-2-4-14(12-16)20(21,22)23)24-15-7-9-17(10-8-15)26-11-3-6-18(26)27/h2,4-5,7-10,12-13,24H,3,6,11H2,1H3,(H,25,28). The fourth-order valence-corrected chi connectivity index (χ4v) is 3.00. The topological polar surface area (TPSA) is 61.4 Å². The van der Waals surface area contributed by atoms with Gasteiger partial charge < -0.3 is 15.5 Å². The first-order valence-electron chi connectivity index (χ1n) is 8.89. The highest BCUT2D eigenvalue weighted by atomic mass is 19.4. The summed E-state index contributed by atoms with van der Waals surface area (Å²) < 4.78 is 38.3. The van der Waals surface area contributed by atoms with Crippen molar-refractivity contribution < 1.29 is 22.8 Å². The highest BCUT2D eigenvalue weighted by Crippen LogP contribution is 2.30. The van der Waals surface area contributed by atoms with Crippen molar-refractivity contribution in [3.63, 3.8) is 0 Å². The van der Waals surface area contributed by atoms with Gasteiger partial charge in [-0.25, -0.2) is 0 Å². The number of hydrogen-bond acceptors (Lipinski definition) is 3. The van der Waals surface area contributed by atoms with E-state index in [9.17, 15) is 22.8 Å². The minimum atomic E-state index is -4.47. The molecule has 5 nitrogen and oxygen atoms in total.